The van der Waals surface area contributed by atoms with Crippen molar-refractivity contribution in [2.24, 2.45) is 4.99 Å². The summed E-state index contributed by atoms with van der Waals surface area (Å²) >= 11 is 0. The Hall–Kier alpha value is -1.06. The molecule has 0 rings (SSSR count). The second-order valence-corrected chi connectivity index (χ2v) is 2.97. The van der Waals surface area contributed by atoms with Crippen molar-refractivity contribution in [3.8, 4) is 0 Å². The van der Waals surface area contributed by atoms with Gasteiger partial charge in [-0.2, -0.15) is 13.2 Å². The Morgan fingerprint density at radius 2 is 1.86 bits per heavy atom. The molecule has 0 fully saturated rings. The standard InChI is InChI=1S/C10H14F3N/c1-5-9(14-4)7(2)6-8(3)10(11,12)13/h6H,4-5H2,1-3H3/b8-6+,9-7-. The summed E-state index contributed by atoms with van der Waals surface area (Å²) in [5.41, 5.74) is 0.482. The van der Waals surface area contributed by atoms with Crippen LogP contribution in [0.2, 0.25) is 0 Å². The number of nitrogens with zero attached hydrogens (tertiary/aromatic N) is 1. The second kappa shape index (κ2) is 4.98. The van der Waals surface area contributed by atoms with Gasteiger partial charge in [0.25, 0.3) is 0 Å². The van der Waals surface area contributed by atoms with Crippen molar-refractivity contribution in [2.45, 2.75) is 33.4 Å². The van der Waals surface area contributed by atoms with Gasteiger partial charge in [-0.05, 0) is 38.6 Å². The fourth-order valence-corrected chi connectivity index (χ4v) is 1.01. The number of alkyl halides is 3. The Balaban J connectivity index is 4.99. The van der Waals surface area contributed by atoms with Crippen molar-refractivity contribution in [1.82, 2.24) is 0 Å². The van der Waals surface area contributed by atoms with E-state index in [4.69, 9.17) is 0 Å². The Morgan fingerprint density at radius 3 is 2.14 bits per heavy atom. The number of hydrogen-bond acceptors (Lipinski definition) is 1. The van der Waals surface area contributed by atoms with Crippen LogP contribution in [0.15, 0.2) is 27.9 Å². The normalized spacial score (nSPS) is 15.1. The van der Waals surface area contributed by atoms with Gasteiger partial charge in [-0.1, -0.05) is 6.92 Å². The van der Waals surface area contributed by atoms with Crippen LogP contribution in [0.5, 0.6) is 0 Å². The quantitative estimate of drug-likeness (QED) is 0.489. The third kappa shape index (κ3) is 3.77. The van der Waals surface area contributed by atoms with E-state index >= 15 is 0 Å². The van der Waals surface area contributed by atoms with Gasteiger partial charge < -0.3 is 0 Å². The number of aliphatic imine (C=N–C) groups is 1. The van der Waals surface area contributed by atoms with Crippen molar-refractivity contribution in [3.05, 3.63) is 22.9 Å². The summed E-state index contributed by atoms with van der Waals surface area (Å²) in [5.74, 6) is 0. The summed E-state index contributed by atoms with van der Waals surface area (Å²) in [6.45, 7) is 7.77. The second-order valence-electron chi connectivity index (χ2n) is 2.97. The van der Waals surface area contributed by atoms with Gasteiger partial charge in [0, 0.05) is 11.3 Å². The first-order valence-electron chi connectivity index (χ1n) is 4.24. The average molecular weight is 205 g/mol. The Bertz CT molecular complexity index is 272. The number of rotatable bonds is 3. The van der Waals surface area contributed by atoms with Crippen LogP contribution in [0.1, 0.15) is 27.2 Å². The number of allylic oxidation sites excluding steroid dienone is 4. The monoisotopic (exact) mass is 205 g/mol. The van der Waals surface area contributed by atoms with E-state index in [1.165, 1.54) is 0 Å². The number of hydrogen-bond donors (Lipinski definition) is 0. The van der Waals surface area contributed by atoms with Crippen molar-refractivity contribution in [2.75, 3.05) is 0 Å². The molecule has 0 aromatic heterocycles. The first-order chi connectivity index (χ1) is 6.32. The van der Waals surface area contributed by atoms with Gasteiger partial charge >= 0.3 is 6.18 Å². The van der Waals surface area contributed by atoms with Crippen molar-refractivity contribution in [3.63, 3.8) is 0 Å². The smallest absolute Gasteiger partial charge is 0.269 e. The van der Waals surface area contributed by atoms with Crippen LogP contribution in [0.4, 0.5) is 13.2 Å². The molecule has 0 saturated heterocycles. The lowest BCUT2D eigenvalue weighted by molar-refractivity contribution is -0.0913. The van der Waals surface area contributed by atoms with Crippen LogP contribution >= 0.6 is 0 Å². The summed E-state index contributed by atoms with van der Waals surface area (Å²) < 4.78 is 36.4. The van der Waals surface area contributed by atoms with Gasteiger partial charge in [-0.15, -0.1) is 0 Å². The van der Waals surface area contributed by atoms with Crippen LogP contribution in [0.3, 0.4) is 0 Å². The minimum absolute atomic E-state index is 0.511. The fourth-order valence-electron chi connectivity index (χ4n) is 1.01. The minimum Gasteiger partial charge on any atom is -0.269 e. The Morgan fingerprint density at radius 1 is 1.36 bits per heavy atom. The number of halogens is 3. The van der Waals surface area contributed by atoms with Crippen molar-refractivity contribution in [1.29, 1.82) is 0 Å². The molecule has 0 bridgehead atoms. The molecule has 0 amide bonds. The fraction of sp³-hybridized carbons (Fsp3) is 0.500. The van der Waals surface area contributed by atoms with Gasteiger partial charge in [0.15, 0.2) is 0 Å². The zero-order chi connectivity index (χ0) is 11.4. The molecule has 0 radical (unpaired) electrons. The van der Waals surface area contributed by atoms with E-state index < -0.39 is 11.7 Å². The maximum atomic E-state index is 12.1. The summed E-state index contributed by atoms with van der Waals surface area (Å²) in [5, 5.41) is 0. The van der Waals surface area contributed by atoms with E-state index in [9.17, 15) is 13.2 Å². The van der Waals surface area contributed by atoms with Gasteiger partial charge in [0.1, 0.15) is 0 Å². The molecule has 4 heteroatoms. The van der Waals surface area contributed by atoms with Crippen LogP contribution in [0.25, 0.3) is 0 Å². The lowest BCUT2D eigenvalue weighted by Gasteiger charge is -2.07. The highest BCUT2D eigenvalue weighted by atomic mass is 19.4. The highest BCUT2D eigenvalue weighted by Crippen LogP contribution is 2.26. The molecular formula is C10H14F3N. The van der Waals surface area contributed by atoms with Gasteiger partial charge in [0.2, 0.25) is 0 Å². The lowest BCUT2D eigenvalue weighted by atomic mass is 10.1. The van der Waals surface area contributed by atoms with E-state index in [2.05, 4.69) is 11.7 Å². The maximum absolute atomic E-state index is 12.1. The van der Waals surface area contributed by atoms with Gasteiger partial charge in [0.05, 0.1) is 0 Å². The van der Waals surface area contributed by atoms with Crippen molar-refractivity contribution < 1.29 is 13.2 Å². The third-order valence-electron chi connectivity index (χ3n) is 1.86. The molecule has 0 atom stereocenters. The topological polar surface area (TPSA) is 12.4 Å². The van der Waals surface area contributed by atoms with E-state index in [0.717, 1.165) is 13.0 Å². The van der Waals surface area contributed by atoms with Crippen LogP contribution in [-0.4, -0.2) is 12.9 Å². The predicted octanol–water partition coefficient (Wildman–Crippen LogP) is 3.88. The van der Waals surface area contributed by atoms with Crippen LogP contribution in [0, 0.1) is 0 Å². The zero-order valence-electron chi connectivity index (χ0n) is 8.57. The maximum Gasteiger partial charge on any atom is 0.412 e. The molecule has 14 heavy (non-hydrogen) atoms. The molecule has 1 nitrogen and oxygen atoms in total. The lowest BCUT2D eigenvalue weighted by Crippen LogP contribution is -2.08. The Labute approximate surface area is 82.0 Å². The summed E-state index contributed by atoms with van der Waals surface area (Å²) in [6, 6.07) is 0. The summed E-state index contributed by atoms with van der Waals surface area (Å²) in [7, 11) is 0. The molecule has 0 aliphatic carbocycles. The molecule has 80 valence electrons. The van der Waals surface area contributed by atoms with Gasteiger partial charge in [-0.25, -0.2) is 0 Å². The molecule has 0 spiro atoms. The minimum atomic E-state index is -4.26. The molecule has 0 saturated carbocycles. The van der Waals surface area contributed by atoms with E-state index in [1.807, 2.05) is 6.92 Å². The summed E-state index contributed by atoms with van der Waals surface area (Å²) in [4.78, 5) is 3.66. The predicted molar refractivity (Wildman–Crippen MR) is 52.4 cm³/mol. The first-order valence-corrected chi connectivity index (χ1v) is 4.24. The molecule has 0 aliphatic heterocycles. The summed E-state index contributed by atoms with van der Waals surface area (Å²) in [6.07, 6.45) is -2.59. The SMILES string of the molecule is C=N/C(CC)=C(C)\C=C(/C)C(F)(F)F. The van der Waals surface area contributed by atoms with Gasteiger partial charge in [-0.3, -0.25) is 4.99 Å². The van der Waals surface area contributed by atoms with E-state index in [1.54, 1.807) is 6.92 Å². The molecule has 0 heterocycles. The first kappa shape index (κ1) is 12.9. The molecule has 0 aromatic rings. The molecule has 0 unspecified atom stereocenters. The zero-order valence-corrected chi connectivity index (χ0v) is 8.57. The van der Waals surface area contributed by atoms with E-state index in [0.29, 0.717) is 17.7 Å². The van der Waals surface area contributed by atoms with Crippen molar-refractivity contribution >= 4 is 6.72 Å². The molecule has 0 aliphatic rings. The largest absolute Gasteiger partial charge is 0.412 e. The van der Waals surface area contributed by atoms with Crippen LogP contribution in [-0.2, 0) is 0 Å². The average Bonchev–Trinajstić information content (AvgIpc) is 2.04. The molecule has 0 aromatic carbocycles. The Kier molecular flexibility index (Phi) is 4.60. The molecule has 0 N–H and O–H groups in total. The highest BCUT2D eigenvalue weighted by Gasteiger charge is 2.29. The molecular weight excluding hydrogens is 191 g/mol. The third-order valence-corrected chi connectivity index (χ3v) is 1.86. The highest BCUT2D eigenvalue weighted by molar-refractivity contribution is 5.34. The van der Waals surface area contributed by atoms with E-state index in [-0.39, 0.29) is 0 Å². The van der Waals surface area contributed by atoms with Crippen LogP contribution < -0.4 is 0 Å².